The second-order valence-corrected chi connectivity index (χ2v) is 5.53. The third-order valence-corrected chi connectivity index (χ3v) is 3.52. The van der Waals surface area contributed by atoms with Crippen LogP contribution in [0.4, 0.5) is 26.3 Å². The molecule has 1 unspecified atom stereocenters. The first kappa shape index (κ1) is 21.2. The van der Waals surface area contributed by atoms with E-state index >= 15 is 0 Å². The van der Waals surface area contributed by atoms with E-state index in [9.17, 15) is 36.2 Å². The summed E-state index contributed by atoms with van der Waals surface area (Å²) in [6.07, 6.45) is -10.7. The summed E-state index contributed by atoms with van der Waals surface area (Å²) in [5, 5.41) is 9.66. The highest BCUT2D eigenvalue weighted by atomic mass is 19.4. The zero-order chi connectivity index (χ0) is 19.6. The molecule has 10 heteroatoms. The van der Waals surface area contributed by atoms with Crippen molar-refractivity contribution in [1.82, 2.24) is 0 Å². The molecule has 3 N–H and O–H groups in total. The van der Waals surface area contributed by atoms with E-state index in [2.05, 4.69) is 4.74 Å². The van der Waals surface area contributed by atoms with Crippen LogP contribution in [-0.4, -0.2) is 23.9 Å². The van der Waals surface area contributed by atoms with Crippen LogP contribution in [0, 0.1) is 0 Å². The first-order valence-corrected chi connectivity index (χ1v) is 7.13. The van der Waals surface area contributed by atoms with Crippen molar-refractivity contribution in [2.24, 2.45) is 5.73 Å². The van der Waals surface area contributed by atoms with E-state index in [1.165, 1.54) is 6.92 Å². The second-order valence-electron chi connectivity index (χ2n) is 5.53. The lowest BCUT2D eigenvalue weighted by molar-refractivity contribution is -0.259. The van der Waals surface area contributed by atoms with E-state index in [4.69, 9.17) is 5.73 Å². The van der Waals surface area contributed by atoms with Gasteiger partial charge in [-0.25, -0.2) is 0 Å². The molecular weight excluding hydrogens is 356 g/mol. The molecule has 0 saturated carbocycles. The molecule has 0 spiro atoms. The van der Waals surface area contributed by atoms with Gasteiger partial charge in [-0.2, -0.15) is 26.3 Å². The molecular formula is C15H17F6NO3. The number of benzene rings is 1. The molecule has 0 fully saturated rings. The number of alkyl halides is 6. The van der Waals surface area contributed by atoms with Crippen LogP contribution in [0.2, 0.25) is 0 Å². The third-order valence-electron chi connectivity index (χ3n) is 3.52. The molecule has 0 bridgehead atoms. The maximum Gasteiger partial charge on any atom is 0.421 e. The van der Waals surface area contributed by atoms with Crippen molar-refractivity contribution < 1.29 is 41.0 Å². The minimum absolute atomic E-state index is 0.0161. The van der Waals surface area contributed by atoms with Crippen LogP contribution in [0.3, 0.4) is 0 Å². The Kier molecular flexibility index (Phi) is 6.12. The van der Waals surface area contributed by atoms with Gasteiger partial charge in [0.05, 0.1) is 18.6 Å². The fraction of sp³-hybridized carbons (Fsp3) is 0.533. The third kappa shape index (κ3) is 5.08. The summed E-state index contributed by atoms with van der Waals surface area (Å²) in [4.78, 5) is 11.4. The van der Waals surface area contributed by atoms with Gasteiger partial charge in [-0.1, -0.05) is 6.07 Å². The summed E-state index contributed by atoms with van der Waals surface area (Å²) in [5.41, 5.74) is -0.702. The van der Waals surface area contributed by atoms with E-state index < -0.39 is 47.5 Å². The number of carbonyl (C=O) groups excluding carboxylic acids is 1. The Bertz CT molecular complexity index is 625. The summed E-state index contributed by atoms with van der Waals surface area (Å²) < 4.78 is 82.4. The highest BCUT2D eigenvalue weighted by molar-refractivity contribution is 5.70. The van der Waals surface area contributed by atoms with Crippen LogP contribution in [0.15, 0.2) is 18.2 Å². The normalized spacial score (nSPS) is 16.2. The number of hydrogen-bond acceptors (Lipinski definition) is 4. The van der Waals surface area contributed by atoms with Crippen LogP contribution < -0.4 is 5.73 Å². The van der Waals surface area contributed by atoms with Gasteiger partial charge in [0.1, 0.15) is 0 Å². The van der Waals surface area contributed by atoms with Crippen molar-refractivity contribution in [3.05, 3.63) is 34.9 Å². The SMILES string of the molecule is CCOC(=O)C[C@@H](N)c1cc(C(F)(F)F)cc(C(C)(O)C(F)(F)F)c1. The van der Waals surface area contributed by atoms with Gasteiger partial charge in [0.2, 0.25) is 0 Å². The van der Waals surface area contributed by atoms with Crippen molar-refractivity contribution in [2.45, 2.75) is 44.3 Å². The van der Waals surface area contributed by atoms with Gasteiger partial charge in [0.25, 0.3) is 0 Å². The Hall–Kier alpha value is -1.81. The quantitative estimate of drug-likeness (QED) is 0.613. The highest BCUT2D eigenvalue weighted by Crippen LogP contribution is 2.41. The van der Waals surface area contributed by atoms with Gasteiger partial charge in [-0.05, 0) is 37.1 Å². The molecule has 25 heavy (non-hydrogen) atoms. The molecule has 1 aromatic carbocycles. The summed E-state index contributed by atoms with van der Waals surface area (Å²) in [6, 6.07) is 0.115. The predicted molar refractivity (Wildman–Crippen MR) is 75.2 cm³/mol. The molecule has 0 aliphatic heterocycles. The minimum atomic E-state index is -5.21. The van der Waals surface area contributed by atoms with Gasteiger partial charge in [0, 0.05) is 6.04 Å². The zero-order valence-electron chi connectivity index (χ0n) is 13.3. The fourth-order valence-electron chi connectivity index (χ4n) is 1.99. The summed E-state index contributed by atoms with van der Waals surface area (Å²) in [7, 11) is 0. The Morgan fingerprint density at radius 3 is 2.12 bits per heavy atom. The van der Waals surface area contributed by atoms with E-state index in [-0.39, 0.29) is 18.2 Å². The van der Waals surface area contributed by atoms with Crippen LogP contribution in [0.5, 0.6) is 0 Å². The lowest BCUT2D eigenvalue weighted by atomic mass is 9.89. The van der Waals surface area contributed by atoms with Crippen LogP contribution in [-0.2, 0) is 21.3 Å². The fourth-order valence-corrected chi connectivity index (χ4v) is 1.99. The smallest absolute Gasteiger partial charge is 0.421 e. The molecule has 1 rings (SSSR count). The standard InChI is InChI=1S/C15H17F6NO3/c1-3-25-12(23)7-11(22)8-4-9(13(2,24)15(19,20)21)6-10(5-8)14(16,17)18/h4-6,11,24H,3,7,22H2,1-2H3/t11-,13?/m1/s1. The Balaban J connectivity index is 3.40. The first-order valence-electron chi connectivity index (χ1n) is 7.13. The van der Waals surface area contributed by atoms with Gasteiger partial charge < -0.3 is 15.6 Å². The molecule has 142 valence electrons. The first-order chi connectivity index (χ1) is 11.2. The molecule has 0 saturated heterocycles. The lowest BCUT2D eigenvalue weighted by Gasteiger charge is -2.28. The number of halogens is 6. The van der Waals surface area contributed by atoms with E-state index in [0.717, 1.165) is 0 Å². The highest BCUT2D eigenvalue weighted by Gasteiger charge is 2.52. The number of rotatable bonds is 5. The van der Waals surface area contributed by atoms with Crippen molar-refractivity contribution >= 4 is 5.97 Å². The number of ether oxygens (including phenoxy) is 1. The van der Waals surface area contributed by atoms with Crippen molar-refractivity contribution in [3.63, 3.8) is 0 Å². The maximum atomic E-state index is 13.0. The molecule has 0 heterocycles. The average molecular weight is 373 g/mol. The molecule has 0 aliphatic rings. The molecule has 0 amide bonds. The Labute approximate surface area is 139 Å². The van der Waals surface area contributed by atoms with Crippen LogP contribution >= 0.6 is 0 Å². The van der Waals surface area contributed by atoms with Crippen LogP contribution in [0.1, 0.15) is 43.0 Å². The summed E-state index contributed by atoms with van der Waals surface area (Å²) >= 11 is 0. The van der Waals surface area contributed by atoms with E-state index in [0.29, 0.717) is 19.1 Å². The number of aliphatic hydroxyl groups is 1. The van der Waals surface area contributed by atoms with Gasteiger partial charge in [0.15, 0.2) is 5.60 Å². The monoisotopic (exact) mass is 373 g/mol. The summed E-state index contributed by atoms with van der Waals surface area (Å²) in [5.74, 6) is -0.809. The zero-order valence-corrected chi connectivity index (χ0v) is 13.3. The van der Waals surface area contributed by atoms with E-state index in [1.54, 1.807) is 0 Å². The Morgan fingerprint density at radius 2 is 1.68 bits per heavy atom. The van der Waals surface area contributed by atoms with Gasteiger partial charge in [-0.3, -0.25) is 4.79 Å². The Morgan fingerprint density at radius 1 is 1.16 bits per heavy atom. The lowest BCUT2D eigenvalue weighted by Crippen LogP contribution is -2.39. The molecule has 1 aromatic rings. The number of esters is 1. The van der Waals surface area contributed by atoms with Crippen molar-refractivity contribution in [3.8, 4) is 0 Å². The van der Waals surface area contributed by atoms with Crippen LogP contribution in [0.25, 0.3) is 0 Å². The number of hydrogen-bond donors (Lipinski definition) is 2. The number of carbonyl (C=O) groups is 1. The van der Waals surface area contributed by atoms with E-state index in [1.807, 2.05) is 0 Å². The number of nitrogens with two attached hydrogens (primary N) is 1. The largest absolute Gasteiger partial charge is 0.466 e. The molecule has 0 aromatic heterocycles. The second kappa shape index (κ2) is 7.20. The molecule has 0 aliphatic carbocycles. The molecule has 0 radical (unpaired) electrons. The summed E-state index contributed by atoms with van der Waals surface area (Å²) in [6.45, 7) is 1.86. The van der Waals surface area contributed by atoms with Gasteiger partial charge in [-0.15, -0.1) is 0 Å². The molecule has 2 atom stereocenters. The topological polar surface area (TPSA) is 72.5 Å². The predicted octanol–water partition coefficient (Wildman–Crippen LogP) is 3.43. The molecule has 4 nitrogen and oxygen atoms in total. The maximum absolute atomic E-state index is 13.0. The average Bonchev–Trinajstić information content (AvgIpc) is 2.44. The minimum Gasteiger partial charge on any atom is -0.466 e. The van der Waals surface area contributed by atoms with Crippen molar-refractivity contribution in [2.75, 3.05) is 6.61 Å². The van der Waals surface area contributed by atoms with Gasteiger partial charge >= 0.3 is 18.3 Å². The van der Waals surface area contributed by atoms with Crippen molar-refractivity contribution in [1.29, 1.82) is 0 Å².